The number of pyridine rings is 1. The first kappa shape index (κ1) is 15.5. The number of anilines is 1. The van der Waals surface area contributed by atoms with Gasteiger partial charge in [0.15, 0.2) is 5.03 Å². The third kappa shape index (κ3) is 3.60. The zero-order valence-electron chi connectivity index (χ0n) is 10.2. The summed E-state index contributed by atoms with van der Waals surface area (Å²) in [7, 11) is -3.72. The molecule has 1 aromatic carbocycles. The Balaban J connectivity index is 2.30. The Hall–Kier alpha value is -0.900. The maximum absolute atomic E-state index is 12.2. The minimum atomic E-state index is -3.72. The van der Waals surface area contributed by atoms with Gasteiger partial charge in [-0.3, -0.25) is 4.72 Å². The molecule has 8 heteroatoms. The van der Waals surface area contributed by atoms with Crippen molar-refractivity contribution in [3.05, 3.63) is 50.7 Å². The van der Waals surface area contributed by atoms with E-state index in [2.05, 4.69) is 9.71 Å². The average Bonchev–Trinajstić information content (AvgIpc) is 2.42. The Morgan fingerprint density at radius 2 is 2.05 bits per heavy atom. The van der Waals surface area contributed by atoms with E-state index in [1.165, 1.54) is 12.3 Å². The molecule has 0 unspecified atom stereocenters. The lowest BCUT2D eigenvalue weighted by atomic mass is 10.3. The number of nitrogens with zero attached hydrogens (tertiary/aromatic N) is 1. The predicted molar refractivity (Wildman–Crippen MR) is 87.1 cm³/mol. The van der Waals surface area contributed by atoms with E-state index < -0.39 is 10.0 Å². The van der Waals surface area contributed by atoms with Crippen LogP contribution in [0, 0.1) is 3.57 Å². The summed E-state index contributed by atoms with van der Waals surface area (Å²) in [5.74, 6) is 0. The van der Waals surface area contributed by atoms with Crippen LogP contribution in [0.1, 0.15) is 5.56 Å². The minimum Gasteiger partial charge on any atom is -0.326 e. The molecule has 0 aliphatic heterocycles. The Kier molecular flexibility index (Phi) is 4.84. The molecule has 0 atom stereocenters. The number of nitrogens with one attached hydrogen (secondary N) is 1. The molecule has 1 aromatic heterocycles. The predicted octanol–water partition coefficient (Wildman–Crippen LogP) is 2.60. The smallest absolute Gasteiger partial charge is 0.279 e. The van der Waals surface area contributed by atoms with Gasteiger partial charge in [-0.25, -0.2) is 4.98 Å². The summed E-state index contributed by atoms with van der Waals surface area (Å²) in [6.07, 6.45) is 1.45. The van der Waals surface area contributed by atoms with E-state index in [0.29, 0.717) is 20.8 Å². The molecule has 0 saturated carbocycles. The molecule has 3 N–H and O–H groups in total. The normalized spacial score (nSPS) is 11.3. The van der Waals surface area contributed by atoms with Crippen molar-refractivity contribution < 1.29 is 8.42 Å². The topological polar surface area (TPSA) is 85.1 Å². The SMILES string of the molecule is NCc1ccc(S(=O)(=O)Nc2ccc(Cl)cc2I)nc1. The van der Waals surface area contributed by atoms with Gasteiger partial charge in [-0.15, -0.1) is 0 Å². The molecule has 106 valence electrons. The molecule has 20 heavy (non-hydrogen) atoms. The van der Waals surface area contributed by atoms with Crippen LogP contribution in [0.2, 0.25) is 5.02 Å². The lowest BCUT2D eigenvalue weighted by Crippen LogP contribution is -2.15. The molecular formula is C12H11ClIN3O2S. The first-order valence-corrected chi connectivity index (χ1v) is 8.49. The molecule has 0 spiro atoms. The quantitative estimate of drug-likeness (QED) is 0.740. The van der Waals surface area contributed by atoms with E-state index in [9.17, 15) is 8.42 Å². The van der Waals surface area contributed by atoms with Crippen LogP contribution in [0.4, 0.5) is 5.69 Å². The molecule has 2 aromatic rings. The van der Waals surface area contributed by atoms with Gasteiger partial charge in [-0.2, -0.15) is 8.42 Å². The molecule has 0 radical (unpaired) electrons. The lowest BCUT2D eigenvalue weighted by Gasteiger charge is -2.09. The largest absolute Gasteiger partial charge is 0.326 e. The van der Waals surface area contributed by atoms with E-state index in [-0.39, 0.29) is 5.03 Å². The number of rotatable bonds is 4. The summed E-state index contributed by atoms with van der Waals surface area (Å²) < 4.78 is 27.6. The van der Waals surface area contributed by atoms with Crippen molar-refractivity contribution in [3.8, 4) is 0 Å². The average molecular weight is 424 g/mol. The number of hydrogen-bond acceptors (Lipinski definition) is 4. The Bertz CT molecular complexity index is 720. The number of hydrogen-bond donors (Lipinski definition) is 2. The minimum absolute atomic E-state index is 0.0551. The van der Waals surface area contributed by atoms with Crippen molar-refractivity contribution in [2.75, 3.05) is 4.72 Å². The first-order chi connectivity index (χ1) is 9.42. The van der Waals surface area contributed by atoms with Gasteiger partial charge in [0.2, 0.25) is 0 Å². The number of halogens is 2. The highest BCUT2D eigenvalue weighted by Crippen LogP contribution is 2.24. The van der Waals surface area contributed by atoms with Crippen LogP contribution < -0.4 is 10.5 Å². The Morgan fingerprint density at radius 3 is 2.60 bits per heavy atom. The summed E-state index contributed by atoms with van der Waals surface area (Å²) in [4.78, 5) is 3.91. The van der Waals surface area contributed by atoms with E-state index >= 15 is 0 Å². The molecule has 0 aliphatic rings. The summed E-state index contributed by atoms with van der Waals surface area (Å²) in [6, 6.07) is 7.95. The van der Waals surface area contributed by atoms with Crippen LogP contribution in [0.3, 0.4) is 0 Å². The monoisotopic (exact) mass is 423 g/mol. The maximum Gasteiger partial charge on any atom is 0.279 e. The second kappa shape index (κ2) is 6.25. The van der Waals surface area contributed by atoms with Crippen LogP contribution in [0.15, 0.2) is 41.6 Å². The van der Waals surface area contributed by atoms with Crippen LogP contribution in [0.5, 0.6) is 0 Å². The van der Waals surface area contributed by atoms with Crippen molar-refractivity contribution in [1.29, 1.82) is 0 Å². The third-order valence-corrected chi connectivity index (χ3v) is 4.89. The molecule has 2 rings (SSSR count). The zero-order chi connectivity index (χ0) is 14.8. The van der Waals surface area contributed by atoms with Crippen molar-refractivity contribution in [2.45, 2.75) is 11.6 Å². The Morgan fingerprint density at radius 1 is 1.30 bits per heavy atom. The van der Waals surface area contributed by atoms with Gasteiger partial charge in [0, 0.05) is 21.3 Å². The van der Waals surface area contributed by atoms with Gasteiger partial charge in [0.1, 0.15) is 0 Å². The van der Waals surface area contributed by atoms with Gasteiger partial charge in [-0.05, 0) is 52.4 Å². The fourth-order valence-corrected chi connectivity index (χ4v) is 3.66. The van der Waals surface area contributed by atoms with E-state index in [1.54, 1.807) is 24.3 Å². The van der Waals surface area contributed by atoms with Gasteiger partial charge in [0.05, 0.1) is 5.69 Å². The number of sulfonamides is 1. The van der Waals surface area contributed by atoms with Crippen LogP contribution >= 0.6 is 34.2 Å². The number of nitrogens with two attached hydrogens (primary N) is 1. The molecule has 0 aliphatic carbocycles. The molecule has 0 fully saturated rings. The van der Waals surface area contributed by atoms with E-state index in [0.717, 1.165) is 5.56 Å². The van der Waals surface area contributed by atoms with Crippen molar-refractivity contribution >= 4 is 49.9 Å². The van der Waals surface area contributed by atoms with Crippen LogP contribution in [0.25, 0.3) is 0 Å². The van der Waals surface area contributed by atoms with E-state index in [1.807, 2.05) is 22.6 Å². The fourth-order valence-electron chi connectivity index (χ4n) is 1.46. The van der Waals surface area contributed by atoms with Gasteiger partial charge >= 0.3 is 0 Å². The fraction of sp³-hybridized carbons (Fsp3) is 0.0833. The summed E-state index contributed by atoms with van der Waals surface area (Å²) >= 11 is 7.84. The molecule has 1 heterocycles. The molecule has 5 nitrogen and oxygen atoms in total. The van der Waals surface area contributed by atoms with Crippen LogP contribution in [-0.4, -0.2) is 13.4 Å². The highest BCUT2D eigenvalue weighted by atomic mass is 127. The molecular weight excluding hydrogens is 413 g/mol. The summed E-state index contributed by atoms with van der Waals surface area (Å²) in [5, 5.41) is 0.489. The molecule has 0 bridgehead atoms. The van der Waals surface area contributed by atoms with Crippen molar-refractivity contribution in [2.24, 2.45) is 5.73 Å². The highest BCUT2D eigenvalue weighted by molar-refractivity contribution is 14.1. The lowest BCUT2D eigenvalue weighted by molar-refractivity contribution is 0.597. The second-order valence-electron chi connectivity index (χ2n) is 3.94. The zero-order valence-corrected chi connectivity index (χ0v) is 13.9. The second-order valence-corrected chi connectivity index (χ2v) is 7.17. The third-order valence-electron chi connectivity index (χ3n) is 2.48. The Labute approximate surface area is 135 Å². The maximum atomic E-state index is 12.2. The number of benzene rings is 1. The standard InChI is InChI=1S/C12H11ClIN3O2S/c13-9-2-3-11(10(14)5-9)17-20(18,19)12-4-1-8(6-15)7-16-12/h1-5,7,17H,6,15H2. The van der Waals surface area contributed by atoms with Gasteiger partial charge in [0.25, 0.3) is 10.0 Å². The van der Waals surface area contributed by atoms with Gasteiger partial charge < -0.3 is 5.73 Å². The van der Waals surface area contributed by atoms with Crippen molar-refractivity contribution in [3.63, 3.8) is 0 Å². The summed E-state index contributed by atoms with van der Waals surface area (Å²) in [5.41, 5.74) is 6.67. The highest BCUT2D eigenvalue weighted by Gasteiger charge is 2.17. The van der Waals surface area contributed by atoms with Gasteiger partial charge in [-0.1, -0.05) is 17.7 Å². The number of aromatic nitrogens is 1. The van der Waals surface area contributed by atoms with Crippen molar-refractivity contribution in [1.82, 2.24) is 4.98 Å². The first-order valence-electron chi connectivity index (χ1n) is 5.55. The van der Waals surface area contributed by atoms with Crippen LogP contribution in [-0.2, 0) is 16.6 Å². The van der Waals surface area contributed by atoms with E-state index in [4.69, 9.17) is 17.3 Å². The molecule has 0 saturated heterocycles. The molecule has 0 amide bonds. The summed E-state index contributed by atoms with van der Waals surface area (Å²) in [6.45, 7) is 0.315.